The first-order valence-electron chi connectivity index (χ1n) is 6.30. The summed E-state index contributed by atoms with van der Waals surface area (Å²) in [5, 5.41) is 2.77. The van der Waals surface area contributed by atoms with Crippen LogP contribution in [0.25, 0.3) is 0 Å². The number of amides is 2. The molecule has 1 heterocycles. The molecule has 1 rings (SSSR count). The lowest BCUT2D eigenvalue weighted by Crippen LogP contribution is -2.48. The molecule has 2 unspecified atom stereocenters. The van der Waals surface area contributed by atoms with Gasteiger partial charge in [0.15, 0.2) is 0 Å². The van der Waals surface area contributed by atoms with Crippen LogP contribution in [0.2, 0.25) is 0 Å². The molecule has 2 amide bonds. The fraction of sp³-hybridized carbons (Fsp3) is 0.833. The van der Waals surface area contributed by atoms with Gasteiger partial charge in [0.05, 0.1) is 0 Å². The molecule has 5 nitrogen and oxygen atoms in total. The van der Waals surface area contributed by atoms with Gasteiger partial charge in [0, 0.05) is 42.3 Å². The summed E-state index contributed by atoms with van der Waals surface area (Å²) >= 11 is 0. The Morgan fingerprint density at radius 3 is 2.67 bits per heavy atom. The Morgan fingerprint density at radius 1 is 1.44 bits per heavy atom. The lowest BCUT2D eigenvalue weighted by Gasteiger charge is -2.25. The Labute approximate surface area is 111 Å². The predicted octanol–water partition coefficient (Wildman–Crippen LogP) is 0.128. The number of carbonyl (C=O) groups excluding carboxylic acids is 2. The Bertz CT molecular complexity index is 344. The fourth-order valence-corrected chi connectivity index (χ4v) is 2.52. The molecule has 1 saturated heterocycles. The largest absolute Gasteiger partial charge is 0.344 e. The maximum absolute atomic E-state index is 12.2. The lowest BCUT2D eigenvalue weighted by molar-refractivity contribution is -0.134. The topological polar surface area (TPSA) is 66.5 Å². The van der Waals surface area contributed by atoms with Crippen molar-refractivity contribution in [3.63, 3.8) is 0 Å². The first kappa shape index (κ1) is 15.1. The molecule has 0 aromatic carbocycles. The second-order valence-electron chi connectivity index (χ2n) is 5.00. The minimum atomic E-state index is -0.831. The van der Waals surface area contributed by atoms with Gasteiger partial charge in [-0.15, -0.1) is 0 Å². The molecule has 0 bridgehead atoms. The van der Waals surface area contributed by atoms with Crippen LogP contribution in [0.1, 0.15) is 26.7 Å². The summed E-state index contributed by atoms with van der Waals surface area (Å²) in [4.78, 5) is 25.5. The molecule has 2 atom stereocenters. The number of rotatable bonds is 5. The van der Waals surface area contributed by atoms with E-state index in [-0.39, 0.29) is 17.7 Å². The lowest BCUT2D eigenvalue weighted by atomic mass is 10.0. The van der Waals surface area contributed by atoms with Crippen LogP contribution < -0.4 is 5.32 Å². The van der Waals surface area contributed by atoms with Crippen LogP contribution in [0.5, 0.6) is 0 Å². The Morgan fingerprint density at radius 2 is 2.11 bits per heavy atom. The van der Waals surface area contributed by atoms with E-state index >= 15 is 0 Å². The molecule has 0 spiro atoms. The summed E-state index contributed by atoms with van der Waals surface area (Å²) < 4.78 is 11.0. The summed E-state index contributed by atoms with van der Waals surface area (Å²) in [6.07, 6.45) is 2.73. The highest BCUT2D eigenvalue weighted by Crippen LogP contribution is 2.11. The van der Waals surface area contributed by atoms with E-state index in [1.165, 1.54) is 0 Å². The normalized spacial score (nSPS) is 22.9. The van der Waals surface area contributed by atoms with E-state index in [1.54, 1.807) is 11.2 Å². The van der Waals surface area contributed by atoms with Crippen LogP contribution in [-0.4, -0.2) is 52.1 Å². The van der Waals surface area contributed by atoms with Crippen LogP contribution in [0.3, 0.4) is 0 Å². The number of hydrogen-bond donors (Lipinski definition) is 1. The van der Waals surface area contributed by atoms with Crippen LogP contribution in [0.15, 0.2) is 0 Å². The highest BCUT2D eigenvalue weighted by atomic mass is 32.2. The number of nitrogens with one attached hydrogen (secondary N) is 1. The van der Waals surface area contributed by atoms with E-state index in [2.05, 4.69) is 5.32 Å². The van der Waals surface area contributed by atoms with Gasteiger partial charge in [-0.05, 0) is 12.3 Å². The summed E-state index contributed by atoms with van der Waals surface area (Å²) in [5.74, 6) is 0.598. The van der Waals surface area contributed by atoms with Gasteiger partial charge in [-0.1, -0.05) is 13.8 Å². The van der Waals surface area contributed by atoms with Gasteiger partial charge in [-0.2, -0.15) is 0 Å². The summed E-state index contributed by atoms with van der Waals surface area (Å²) in [6.45, 7) is 4.89. The smallest absolute Gasteiger partial charge is 0.245 e. The van der Waals surface area contributed by atoms with E-state index in [0.717, 1.165) is 0 Å². The van der Waals surface area contributed by atoms with Gasteiger partial charge < -0.3 is 10.2 Å². The first-order chi connectivity index (χ1) is 8.41. The van der Waals surface area contributed by atoms with E-state index in [9.17, 15) is 13.8 Å². The molecular formula is C12H22N2O3S. The SMILES string of the molecule is CC(C)C1NC(=O)CCN(CCCS(C)=O)C1=O. The molecule has 18 heavy (non-hydrogen) atoms. The average molecular weight is 274 g/mol. The molecule has 1 aliphatic heterocycles. The maximum atomic E-state index is 12.2. The molecule has 1 fully saturated rings. The Balaban J connectivity index is 2.62. The highest BCUT2D eigenvalue weighted by molar-refractivity contribution is 7.84. The zero-order valence-electron chi connectivity index (χ0n) is 11.3. The monoisotopic (exact) mass is 274 g/mol. The molecule has 0 aliphatic carbocycles. The van der Waals surface area contributed by atoms with Crippen molar-refractivity contribution in [3.8, 4) is 0 Å². The minimum absolute atomic E-state index is 0.0160. The van der Waals surface area contributed by atoms with Gasteiger partial charge in [0.2, 0.25) is 11.8 Å². The van der Waals surface area contributed by atoms with Crippen molar-refractivity contribution >= 4 is 22.6 Å². The third-order valence-electron chi connectivity index (χ3n) is 3.03. The van der Waals surface area contributed by atoms with Gasteiger partial charge in [-0.3, -0.25) is 13.8 Å². The van der Waals surface area contributed by atoms with E-state index in [4.69, 9.17) is 0 Å². The molecule has 0 aromatic rings. The quantitative estimate of drug-likeness (QED) is 0.775. The van der Waals surface area contributed by atoms with Crippen LogP contribution in [-0.2, 0) is 20.4 Å². The minimum Gasteiger partial charge on any atom is -0.344 e. The maximum Gasteiger partial charge on any atom is 0.245 e. The second kappa shape index (κ2) is 6.87. The predicted molar refractivity (Wildman–Crippen MR) is 71.5 cm³/mol. The van der Waals surface area contributed by atoms with Crippen molar-refractivity contribution in [2.45, 2.75) is 32.7 Å². The molecule has 0 aromatic heterocycles. The van der Waals surface area contributed by atoms with Gasteiger partial charge in [0.1, 0.15) is 6.04 Å². The molecule has 0 radical (unpaired) electrons. The van der Waals surface area contributed by atoms with E-state index < -0.39 is 16.8 Å². The van der Waals surface area contributed by atoms with Crippen LogP contribution >= 0.6 is 0 Å². The van der Waals surface area contributed by atoms with E-state index in [0.29, 0.717) is 31.7 Å². The third-order valence-corrected chi connectivity index (χ3v) is 3.89. The molecule has 1 aliphatic rings. The zero-order chi connectivity index (χ0) is 13.7. The molecule has 6 heteroatoms. The van der Waals surface area contributed by atoms with Crippen molar-refractivity contribution < 1.29 is 13.8 Å². The first-order valence-corrected chi connectivity index (χ1v) is 8.02. The van der Waals surface area contributed by atoms with Crippen molar-refractivity contribution in [1.29, 1.82) is 0 Å². The summed E-state index contributed by atoms with van der Waals surface area (Å²) in [7, 11) is -0.831. The summed E-state index contributed by atoms with van der Waals surface area (Å²) in [5.41, 5.74) is 0. The van der Waals surface area contributed by atoms with Crippen molar-refractivity contribution in [2.24, 2.45) is 5.92 Å². The molecule has 1 N–H and O–H groups in total. The second-order valence-corrected chi connectivity index (χ2v) is 6.55. The molecule has 104 valence electrons. The number of hydrogen-bond acceptors (Lipinski definition) is 3. The summed E-state index contributed by atoms with van der Waals surface area (Å²) in [6, 6.07) is -0.424. The average Bonchev–Trinajstić information content (AvgIpc) is 2.41. The number of nitrogens with zero attached hydrogens (tertiary/aromatic N) is 1. The van der Waals surface area contributed by atoms with Crippen molar-refractivity contribution in [3.05, 3.63) is 0 Å². The molecular weight excluding hydrogens is 252 g/mol. The highest BCUT2D eigenvalue weighted by Gasteiger charge is 2.31. The fourth-order valence-electron chi connectivity index (χ4n) is 1.98. The van der Waals surface area contributed by atoms with Gasteiger partial charge >= 0.3 is 0 Å². The van der Waals surface area contributed by atoms with Crippen LogP contribution in [0.4, 0.5) is 0 Å². The van der Waals surface area contributed by atoms with Gasteiger partial charge in [-0.25, -0.2) is 0 Å². The Hall–Kier alpha value is -0.910. The Kier molecular flexibility index (Phi) is 5.78. The van der Waals surface area contributed by atoms with Crippen LogP contribution in [0, 0.1) is 5.92 Å². The standard InChI is InChI=1S/C12H22N2O3S/c1-9(2)11-12(16)14(6-4-8-18(3)17)7-5-10(15)13-11/h9,11H,4-8H2,1-3H3,(H,13,15). The van der Waals surface area contributed by atoms with Gasteiger partial charge in [0.25, 0.3) is 0 Å². The van der Waals surface area contributed by atoms with Crippen molar-refractivity contribution in [2.75, 3.05) is 25.1 Å². The molecule has 0 saturated carbocycles. The zero-order valence-corrected chi connectivity index (χ0v) is 12.1. The third kappa shape index (κ3) is 4.40. The van der Waals surface area contributed by atoms with Crippen molar-refractivity contribution in [1.82, 2.24) is 10.2 Å². The number of carbonyl (C=O) groups is 2. The van der Waals surface area contributed by atoms with E-state index in [1.807, 2.05) is 13.8 Å².